The van der Waals surface area contributed by atoms with Crippen LogP contribution in [0.15, 0.2) is 41.8 Å². The van der Waals surface area contributed by atoms with Gasteiger partial charge in [0.2, 0.25) is 0 Å². The van der Waals surface area contributed by atoms with Gasteiger partial charge in [-0.2, -0.15) is 0 Å². The van der Waals surface area contributed by atoms with Crippen molar-refractivity contribution in [3.05, 3.63) is 64.0 Å². The van der Waals surface area contributed by atoms with Gasteiger partial charge in [-0.1, -0.05) is 13.8 Å². The average molecular weight is 401 g/mol. The predicted molar refractivity (Wildman–Crippen MR) is 114 cm³/mol. The standard InChI is InChI=1S/C24H23N3O3/c1-13(2)20-7-15-6-18(16-9-25-12-26-10-16)24-17(4-5-30-24)23(15)21-8-22(29)19(14(3)28)11-27(20)21/h6,8-13,20H,4-5,7H2,1-3H3. The van der Waals surface area contributed by atoms with Crippen molar-refractivity contribution in [2.45, 2.75) is 39.7 Å². The largest absolute Gasteiger partial charge is 0.492 e. The van der Waals surface area contributed by atoms with E-state index in [0.29, 0.717) is 12.5 Å². The SMILES string of the molecule is CC(=O)c1cn2c(cc1=O)-c1c(cc(-c3cncnc3)c3c1CCO3)CC2C(C)C. The van der Waals surface area contributed by atoms with E-state index in [0.717, 1.165) is 46.5 Å². The second-order valence-electron chi connectivity index (χ2n) is 8.41. The van der Waals surface area contributed by atoms with Crippen molar-refractivity contribution in [1.29, 1.82) is 0 Å². The van der Waals surface area contributed by atoms with Gasteiger partial charge in [0.05, 0.1) is 17.9 Å². The molecule has 3 aromatic rings. The van der Waals surface area contributed by atoms with E-state index < -0.39 is 0 Å². The van der Waals surface area contributed by atoms with Gasteiger partial charge in [-0.3, -0.25) is 9.59 Å². The lowest BCUT2D eigenvalue weighted by molar-refractivity contribution is 0.101. The molecule has 0 saturated heterocycles. The van der Waals surface area contributed by atoms with Crippen LogP contribution < -0.4 is 10.2 Å². The number of Topliss-reactive ketones (excluding diaryl/α,β-unsaturated/α-hetero) is 1. The zero-order valence-electron chi connectivity index (χ0n) is 17.3. The molecule has 30 heavy (non-hydrogen) atoms. The summed E-state index contributed by atoms with van der Waals surface area (Å²) in [4.78, 5) is 33.1. The normalized spacial score (nSPS) is 16.6. The Hall–Kier alpha value is -3.28. The number of benzene rings is 1. The minimum Gasteiger partial charge on any atom is -0.492 e. The number of carbonyl (C=O) groups is 1. The highest BCUT2D eigenvalue weighted by Gasteiger charge is 2.33. The number of ether oxygens (including phenoxy) is 1. The lowest BCUT2D eigenvalue weighted by Crippen LogP contribution is -2.28. The third kappa shape index (κ3) is 2.78. The maximum atomic E-state index is 12.7. The van der Waals surface area contributed by atoms with Gasteiger partial charge in [-0.05, 0) is 30.9 Å². The monoisotopic (exact) mass is 401 g/mol. The van der Waals surface area contributed by atoms with Gasteiger partial charge in [0.1, 0.15) is 12.1 Å². The van der Waals surface area contributed by atoms with E-state index in [-0.39, 0.29) is 22.8 Å². The molecule has 0 amide bonds. The van der Waals surface area contributed by atoms with E-state index in [1.54, 1.807) is 24.7 Å². The molecule has 2 aromatic heterocycles. The molecule has 0 aliphatic carbocycles. The lowest BCUT2D eigenvalue weighted by Gasteiger charge is -2.34. The van der Waals surface area contributed by atoms with E-state index in [1.165, 1.54) is 18.8 Å². The fourth-order valence-electron chi connectivity index (χ4n) is 4.74. The smallest absolute Gasteiger partial charge is 0.192 e. The fourth-order valence-corrected chi connectivity index (χ4v) is 4.74. The van der Waals surface area contributed by atoms with Crippen molar-refractivity contribution in [3.8, 4) is 28.1 Å². The van der Waals surface area contributed by atoms with Crippen LogP contribution >= 0.6 is 0 Å². The zero-order chi connectivity index (χ0) is 21.0. The molecular weight excluding hydrogens is 378 g/mol. The molecule has 6 heteroatoms. The molecule has 0 N–H and O–H groups in total. The number of fused-ring (bicyclic) bond motifs is 5. The molecule has 2 aliphatic heterocycles. The number of rotatable bonds is 3. The summed E-state index contributed by atoms with van der Waals surface area (Å²) in [5.41, 5.74) is 6.23. The average Bonchev–Trinajstić information content (AvgIpc) is 3.22. The van der Waals surface area contributed by atoms with Crippen LogP contribution in [0.25, 0.3) is 22.4 Å². The maximum absolute atomic E-state index is 12.7. The number of carbonyl (C=O) groups excluding carboxylic acids is 1. The minimum atomic E-state index is -0.225. The van der Waals surface area contributed by atoms with Crippen LogP contribution in [0.1, 0.15) is 48.3 Å². The van der Waals surface area contributed by atoms with Crippen LogP contribution in [0.4, 0.5) is 0 Å². The molecule has 152 valence electrons. The first-order valence-electron chi connectivity index (χ1n) is 10.3. The van der Waals surface area contributed by atoms with Gasteiger partial charge in [0, 0.05) is 59.4 Å². The second-order valence-corrected chi connectivity index (χ2v) is 8.41. The minimum absolute atomic E-state index is 0.159. The first-order valence-corrected chi connectivity index (χ1v) is 10.3. The highest BCUT2D eigenvalue weighted by molar-refractivity contribution is 5.94. The van der Waals surface area contributed by atoms with Crippen molar-refractivity contribution >= 4 is 5.78 Å². The van der Waals surface area contributed by atoms with Crippen LogP contribution in [-0.2, 0) is 12.8 Å². The molecule has 0 bridgehead atoms. The third-order valence-electron chi connectivity index (χ3n) is 6.20. The second kappa shape index (κ2) is 6.90. The third-order valence-corrected chi connectivity index (χ3v) is 6.20. The van der Waals surface area contributed by atoms with Gasteiger partial charge < -0.3 is 9.30 Å². The van der Waals surface area contributed by atoms with Gasteiger partial charge in [-0.25, -0.2) is 9.97 Å². The van der Waals surface area contributed by atoms with Gasteiger partial charge in [0.15, 0.2) is 11.2 Å². The topological polar surface area (TPSA) is 74.1 Å². The Morgan fingerprint density at radius 3 is 2.70 bits per heavy atom. The van der Waals surface area contributed by atoms with Gasteiger partial charge >= 0.3 is 0 Å². The number of hydrogen-bond acceptors (Lipinski definition) is 5. The van der Waals surface area contributed by atoms with Crippen molar-refractivity contribution < 1.29 is 9.53 Å². The highest BCUT2D eigenvalue weighted by Crippen LogP contribution is 2.48. The van der Waals surface area contributed by atoms with E-state index in [1.807, 2.05) is 0 Å². The zero-order valence-corrected chi connectivity index (χ0v) is 17.3. The summed E-state index contributed by atoms with van der Waals surface area (Å²) in [5.74, 6) is 0.991. The lowest BCUT2D eigenvalue weighted by atomic mass is 9.82. The molecule has 6 nitrogen and oxygen atoms in total. The summed E-state index contributed by atoms with van der Waals surface area (Å²) in [7, 11) is 0. The van der Waals surface area contributed by atoms with Crippen molar-refractivity contribution in [3.63, 3.8) is 0 Å². The molecule has 1 aromatic carbocycles. The molecule has 1 atom stereocenters. The van der Waals surface area contributed by atoms with Gasteiger partial charge in [-0.15, -0.1) is 0 Å². The van der Waals surface area contributed by atoms with E-state index in [2.05, 4.69) is 34.4 Å². The Morgan fingerprint density at radius 1 is 1.23 bits per heavy atom. The Balaban J connectivity index is 1.81. The fraction of sp³-hybridized carbons (Fsp3) is 0.333. The summed E-state index contributed by atoms with van der Waals surface area (Å²) in [6.45, 7) is 6.40. The van der Waals surface area contributed by atoms with Crippen LogP contribution in [0.3, 0.4) is 0 Å². The number of pyridine rings is 1. The summed E-state index contributed by atoms with van der Waals surface area (Å²) < 4.78 is 8.17. The van der Waals surface area contributed by atoms with E-state index in [9.17, 15) is 9.59 Å². The van der Waals surface area contributed by atoms with E-state index >= 15 is 0 Å². The molecule has 4 heterocycles. The van der Waals surface area contributed by atoms with E-state index in [4.69, 9.17) is 4.74 Å². The Morgan fingerprint density at radius 2 is 2.00 bits per heavy atom. The maximum Gasteiger partial charge on any atom is 0.192 e. The Labute approximate surface area is 174 Å². The number of aromatic nitrogens is 3. The quantitative estimate of drug-likeness (QED) is 0.623. The molecule has 0 saturated carbocycles. The predicted octanol–water partition coefficient (Wildman–Crippen LogP) is 3.86. The number of hydrogen-bond donors (Lipinski definition) is 0. The highest BCUT2D eigenvalue weighted by atomic mass is 16.5. The van der Waals surface area contributed by atoms with Crippen LogP contribution in [0.5, 0.6) is 5.75 Å². The Bertz CT molecular complexity index is 1230. The Kier molecular flexibility index (Phi) is 4.31. The first kappa shape index (κ1) is 18.7. The first-order chi connectivity index (χ1) is 14.5. The summed E-state index contributed by atoms with van der Waals surface area (Å²) >= 11 is 0. The van der Waals surface area contributed by atoms with Crippen molar-refractivity contribution in [2.75, 3.05) is 6.61 Å². The van der Waals surface area contributed by atoms with Crippen LogP contribution in [-0.4, -0.2) is 26.9 Å². The van der Waals surface area contributed by atoms with Crippen LogP contribution in [0, 0.1) is 5.92 Å². The number of nitrogens with zero attached hydrogens (tertiary/aromatic N) is 3. The molecule has 1 unspecified atom stereocenters. The summed E-state index contributed by atoms with van der Waals surface area (Å²) in [6, 6.07) is 3.96. The molecule has 0 fully saturated rings. The summed E-state index contributed by atoms with van der Waals surface area (Å²) in [5, 5.41) is 0. The summed E-state index contributed by atoms with van der Waals surface area (Å²) in [6.07, 6.45) is 8.50. The molecule has 5 rings (SSSR count). The van der Waals surface area contributed by atoms with Crippen molar-refractivity contribution in [1.82, 2.24) is 14.5 Å². The van der Waals surface area contributed by atoms with Crippen LogP contribution in [0.2, 0.25) is 0 Å². The molecule has 0 spiro atoms. The molecular formula is C24H23N3O3. The van der Waals surface area contributed by atoms with Crippen molar-refractivity contribution in [2.24, 2.45) is 5.92 Å². The number of ketones is 1. The molecule has 2 aliphatic rings. The molecule has 0 radical (unpaired) electrons. The van der Waals surface area contributed by atoms with Gasteiger partial charge in [0.25, 0.3) is 0 Å².